The Morgan fingerprint density at radius 2 is 1.88 bits per heavy atom. The van der Waals surface area contributed by atoms with Crippen molar-refractivity contribution in [3.63, 3.8) is 0 Å². The normalized spacial score (nSPS) is 27.4. The zero-order valence-electron chi connectivity index (χ0n) is 10.3. The van der Waals surface area contributed by atoms with E-state index in [0.717, 1.165) is 19.5 Å². The van der Waals surface area contributed by atoms with Crippen molar-refractivity contribution in [2.75, 3.05) is 26.2 Å². The zero-order chi connectivity index (χ0) is 12.4. The van der Waals surface area contributed by atoms with Crippen molar-refractivity contribution in [2.24, 2.45) is 5.92 Å². The van der Waals surface area contributed by atoms with Crippen LogP contribution in [0.3, 0.4) is 0 Å². The lowest BCUT2D eigenvalue weighted by Crippen LogP contribution is -2.40. The highest BCUT2D eigenvalue weighted by Gasteiger charge is 2.34. The van der Waals surface area contributed by atoms with Gasteiger partial charge in [-0.15, -0.1) is 0 Å². The van der Waals surface area contributed by atoms with Crippen LogP contribution in [0.2, 0.25) is 0 Å². The van der Waals surface area contributed by atoms with Crippen LogP contribution in [0.25, 0.3) is 0 Å². The number of hydrogen-bond donors (Lipinski definition) is 1. The van der Waals surface area contributed by atoms with Crippen molar-refractivity contribution in [3.05, 3.63) is 0 Å². The van der Waals surface area contributed by atoms with Gasteiger partial charge in [0.2, 0.25) is 5.91 Å². The Balaban J connectivity index is 1.88. The van der Waals surface area contributed by atoms with E-state index in [1.807, 2.05) is 0 Å². The smallest absolute Gasteiger partial charge is 0.315 e. The van der Waals surface area contributed by atoms with Crippen molar-refractivity contribution >= 4 is 11.9 Å². The van der Waals surface area contributed by atoms with Gasteiger partial charge in [0.25, 0.3) is 0 Å². The highest BCUT2D eigenvalue weighted by atomic mass is 16.4. The van der Waals surface area contributed by atoms with Gasteiger partial charge in [0.15, 0.2) is 0 Å². The van der Waals surface area contributed by atoms with Gasteiger partial charge in [-0.3, -0.25) is 14.5 Å². The SMILES string of the molecule is CC(C(=O)O)C(=O)N1CCC(N2CCCC2)C1. The lowest BCUT2D eigenvalue weighted by atomic mass is 10.1. The molecule has 1 N–H and O–H groups in total. The van der Waals surface area contributed by atoms with Gasteiger partial charge in [-0.25, -0.2) is 0 Å². The number of carbonyl (C=O) groups is 2. The van der Waals surface area contributed by atoms with E-state index in [4.69, 9.17) is 5.11 Å². The zero-order valence-corrected chi connectivity index (χ0v) is 10.3. The fourth-order valence-electron chi connectivity index (χ4n) is 2.73. The molecule has 2 heterocycles. The summed E-state index contributed by atoms with van der Waals surface area (Å²) in [4.78, 5) is 26.8. The molecule has 2 aliphatic rings. The summed E-state index contributed by atoms with van der Waals surface area (Å²) < 4.78 is 0. The minimum Gasteiger partial charge on any atom is -0.481 e. The molecule has 0 aromatic rings. The van der Waals surface area contributed by atoms with Crippen LogP contribution in [0.15, 0.2) is 0 Å². The summed E-state index contributed by atoms with van der Waals surface area (Å²) in [6, 6.07) is 0.447. The van der Waals surface area contributed by atoms with E-state index in [9.17, 15) is 9.59 Å². The Kier molecular flexibility index (Phi) is 3.66. The molecule has 0 radical (unpaired) electrons. The average Bonchev–Trinajstić information content (AvgIpc) is 2.96. The molecule has 2 rings (SSSR count). The van der Waals surface area contributed by atoms with Gasteiger partial charge in [-0.05, 0) is 39.3 Å². The van der Waals surface area contributed by atoms with E-state index < -0.39 is 11.9 Å². The summed E-state index contributed by atoms with van der Waals surface area (Å²) in [7, 11) is 0. The molecule has 5 heteroatoms. The van der Waals surface area contributed by atoms with E-state index in [-0.39, 0.29) is 5.91 Å². The number of likely N-dealkylation sites (tertiary alicyclic amines) is 2. The number of carboxylic acids is 1. The molecule has 0 spiro atoms. The maximum absolute atomic E-state index is 11.9. The van der Waals surface area contributed by atoms with E-state index in [1.54, 1.807) is 4.90 Å². The molecule has 0 aromatic carbocycles. The fraction of sp³-hybridized carbons (Fsp3) is 0.833. The monoisotopic (exact) mass is 240 g/mol. The summed E-state index contributed by atoms with van der Waals surface area (Å²) in [5, 5.41) is 8.83. The van der Waals surface area contributed by atoms with E-state index in [0.29, 0.717) is 19.1 Å². The number of hydrogen-bond acceptors (Lipinski definition) is 3. The van der Waals surface area contributed by atoms with Crippen LogP contribution in [0.1, 0.15) is 26.2 Å². The van der Waals surface area contributed by atoms with Crippen molar-refractivity contribution in [1.82, 2.24) is 9.80 Å². The van der Waals surface area contributed by atoms with E-state index >= 15 is 0 Å². The molecule has 0 aliphatic carbocycles. The molecular weight excluding hydrogens is 220 g/mol. The molecule has 0 bridgehead atoms. The largest absolute Gasteiger partial charge is 0.481 e. The Morgan fingerprint density at radius 1 is 1.24 bits per heavy atom. The first-order valence-corrected chi connectivity index (χ1v) is 6.35. The summed E-state index contributed by atoms with van der Waals surface area (Å²) in [6.45, 7) is 5.13. The van der Waals surface area contributed by atoms with E-state index in [2.05, 4.69) is 4.90 Å². The average molecular weight is 240 g/mol. The van der Waals surface area contributed by atoms with Gasteiger partial charge in [0.05, 0.1) is 0 Å². The molecule has 0 aromatic heterocycles. The molecule has 2 atom stereocenters. The van der Waals surface area contributed by atoms with Gasteiger partial charge < -0.3 is 10.0 Å². The Labute approximate surface area is 101 Å². The minimum absolute atomic E-state index is 0.237. The van der Waals surface area contributed by atoms with Crippen molar-refractivity contribution in [2.45, 2.75) is 32.2 Å². The molecule has 0 saturated carbocycles. The molecule has 2 aliphatic heterocycles. The second-order valence-corrected chi connectivity index (χ2v) is 5.03. The van der Waals surface area contributed by atoms with Crippen molar-refractivity contribution in [1.29, 1.82) is 0 Å². The predicted molar refractivity (Wildman–Crippen MR) is 62.6 cm³/mol. The third kappa shape index (κ3) is 2.60. The van der Waals surface area contributed by atoms with Crippen LogP contribution in [0.4, 0.5) is 0 Å². The Bertz CT molecular complexity index is 313. The lowest BCUT2D eigenvalue weighted by Gasteiger charge is -2.24. The second kappa shape index (κ2) is 5.04. The minimum atomic E-state index is -1.03. The summed E-state index contributed by atoms with van der Waals surface area (Å²) in [6.07, 6.45) is 3.48. The molecule has 17 heavy (non-hydrogen) atoms. The van der Waals surface area contributed by atoms with E-state index in [1.165, 1.54) is 19.8 Å². The fourth-order valence-corrected chi connectivity index (χ4v) is 2.73. The van der Waals surface area contributed by atoms with Crippen LogP contribution in [0.5, 0.6) is 0 Å². The summed E-state index contributed by atoms with van der Waals surface area (Å²) in [5.41, 5.74) is 0. The number of aliphatic carboxylic acids is 1. The number of nitrogens with zero attached hydrogens (tertiary/aromatic N) is 2. The summed E-state index contributed by atoms with van der Waals surface area (Å²) in [5.74, 6) is -2.17. The first kappa shape index (κ1) is 12.4. The number of amides is 1. The first-order chi connectivity index (χ1) is 8.09. The molecule has 2 fully saturated rings. The van der Waals surface area contributed by atoms with Crippen LogP contribution in [-0.4, -0.2) is 59.0 Å². The highest BCUT2D eigenvalue weighted by Crippen LogP contribution is 2.21. The van der Waals surface area contributed by atoms with Gasteiger partial charge in [0.1, 0.15) is 5.92 Å². The third-order valence-corrected chi connectivity index (χ3v) is 3.87. The lowest BCUT2D eigenvalue weighted by molar-refractivity contribution is -0.149. The molecule has 5 nitrogen and oxygen atoms in total. The van der Waals surface area contributed by atoms with Crippen LogP contribution in [-0.2, 0) is 9.59 Å². The van der Waals surface area contributed by atoms with Crippen LogP contribution < -0.4 is 0 Å². The van der Waals surface area contributed by atoms with Gasteiger partial charge >= 0.3 is 5.97 Å². The van der Waals surface area contributed by atoms with Crippen LogP contribution >= 0.6 is 0 Å². The maximum atomic E-state index is 11.9. The van der Waals surface area contributed by atoms with Gasteiger partial charge in [0, 0.05) is 19.1 Å². The van der Waals surface area contributed by atoms with Gasteiger partial charge in [-0.1, -0.05) is 0 Å². The first-order valence-electron chi connectivity index (χ1n) is 6.35. The Hall–Kier alpha value is -1.10. The molecule has 2 saturated heterocycles. The third-order valence-electron chi connectivity index (χ3n) is 3.87. The highest BCUT2D eigenvalue weighted by molar-refractivity contribution is 5.96. The number of rotatable bonds is 3. The predicted octanol–water partition coefficient (Wildman–Crippen LogP) is 0.404. The number of carbonyl (C=O) groups excluding carboxylic acids is 1. The van der Waals surface area contributed by atoms with Crippen molar-refractivity contribution < 1.29 is 14.7 Å². The van der Waals surface area contributed by atoms with Gasteiger partial charge in [-0.2, -0.15) is 0 Å². The second-order valence-electron chi connectivity index (χ2n) is 5.03. The molecule has 1 amide bonds. The Morgan fingerprint density at radius 3 is 2.47 bits per heavy atom. The number of carboxylic acid groups (broad SMARTS) is 1. The summed E-state index contributed by atoms with van der Waals surface area (Å²) >= 11 is 0. The standard InChI is InChI=1S/C12H20N2O3/c1-9(12(16)17)11(15)14-7-4-10(8-14)13-5-2-3-6-13/h9-10H,2-8H2,1H3,(H,16,17). The molecule has 2 unspecified atom stereocenters. The molecular formula is C12H20N2O3. The van der Waals surface area contributed by atoms with Crippen LogP contribution in [0, 0.1) is 5.92 Å². The van der Waals surface area contributed by atoms with Crippen molar-refractivity contribution in [3.8, 4) is 0 Å². The molecule has 96 valence electrons. The maximum Gasteiger partial charge on any atom is 0.315 e. The quantitative estimate of drug-likeness (QED) is 0.726. The topological polar surface area (TPSA) is 60.9 Å².